The first-order valence-corrected chi connectivity index (χ1v) is 10.6. The molecule has 0 aliphatic carbocycles. The number of carboxylic acids is 1. The van der Waals surface area contributed by atoms with Crippen LogP contribution in [0.1, 0.15) is 27.0 Å². The van der Waals surface area contributed by atoms with Crippen LogP contribution in [0, 0.1) is 0 Å². The summed E-state index contributed by atoms with van der Waals surface area (Å²) in [6.07, 6.45) is 3.94. The van der Waals surface area contributed by atoms with Crippen molar-refractivity contribution in [2.24, 2.45) is 4.99 Å². The summed E-state index contributed by atoms with van der Waals surface area (Å²) in [6, 6.07) is 20.7. The number of benzodiazepines with no additional fused rings is 1. The van der Waals surface area contributed by atoms with Crippen LogP contribution in [0.3, 0.4) is 0 Å². The fourth-order valence-electron chi connectivity index (χ4n) is 3.63. The first-order valence-electron chi connectivity index (χ1n) is 9.86. The topological polar surface area (TPSA) is 52.9 Å². The largest absolute Gasteiger partial charge is 0.478 e. The SMILES string of the molecule is O=C(O)c1ccccc1CN1CCN=C(/C=C/c2ccc(Cl)c(Cl)c2)c2ccccc21. The number of carboxylic acid groups (broad SMARTS) is 1. The molecule has 0 unspecified atom stereocenters. The Morgan fingerprint density at radius 3 is 2.58 bits per heavy atom. The summed E-state index contributed by atoms with van der Waals surface area (Å²) in [5.74, 6) is -0.916. The van der Waals surface area contributed by atoms with E-state index in [0.29, 0.717) is 35.2 Å². The molecule has 0 fully saturated rings. The highest BCUT2D eigenvalue weighted by Crippen LogP contribution is 2.27. The molecule has 0 amide bonds. The molecular weight excluding hydrogens is 431 g/mol. The molecule has 4 nitrogen and oxygen atoms in total. The van der Waals surface area contributed by atoms with E-state index in [1.807, 2.05) is 60.7 Å². The number of rotatable bonds is 5. The van der Waals surface area contributed by atoms with E-state index >= 15 is 0 Å². The van der Waals surface area contributed by atoms with Gasteiger partial charge in [-0.2, -0.15) is 0 Å². The molecule has 0 spiro atoms. The summed E-state index contributed by atoms with van der Waals surface area (Å²) >= 11 is 12.1. The Morgan fingerprint density at radius 2 is 1.77 bits per heavy atom. The maximum Gasteiger partial charge on any atom is 0.336 e. The van der Waals surface area contributed by atoms with Gasteiger partial charge in [-0.15, -0.1) is 0 Å². The van der Waals surface area contributed by atoms with E-state index in [1.165, 1.54) is 0 Å². The second-order valence-corrected chi connectivity index (χ2v) is 7.99. The molecule has 0 aromatic heterocycles. The fraction of sp³-hybridized carbons (Fsp3) is 0.120. The van der Waals surface area contributed by atoms with Crippen molar-refractivity contribution in [2.45, 2.75) is 6.54 Å². The van der Waals surface area contributed by atoms with Crippen molar-refractivity contribution < 1.29 is 9.90 Å². The van der Waals surface area contributed by atoms with E-state index in [-0.39, 0.29) is 0 Å². The molecule has 6 heteroatoms. The minimum absolute atomic E-state index is 0.324. The van der Waals surface area contributed by atoms with Gasteiger partial charge in [-0.25, -0.2) is 4.79 Å². The lowest BCUT2D eigenvalue weighted by atomic mass is 10.0. The smallest absolute Gasteiger partial charge is 0.336 e. The van der Waals surface area contributed by atoms with Gasteiger partial charge in [-0.3, -0.25) is 4.99 Å². The van der Waals surface area contributed by atoms with Gasteiger partial charge in [0.1, 0.15) is 0 Å². The molecule has 156 valence electrons. The quantitative estimate of drug-likeness (QED) is 0.502. The van der Waals surface area contributed by atoms with Gasteiger partial charge in [0.15, 0.2) is 0 Å². The molecule has 1 aliphatic rings. The van der Waals surface area contributed by atoms with Gasteiger partial charge >= 0.3 is 5.97 Å². The highest BCUT2D eigenvalue weighted by atomic mass is 35.5. The zero-order valence-corrected chi connectivity index (χ0v) is 18.1. The number of anilines is 1. The van der Waals surface area contributed by atoms with Crippen molar-refractivity contribution in [3.8, 4) is 0 Å². The number of hydrogen-bond acceptors (Lipinski definition) is 3. The number of hydrogen-bond donors (Lipinski definition) is 1. The van der Waals surface area contributed by atoms with Gasteiger partial charge in [0.05, 0.1) is 27.9 Å². The third-order valence-electron chi connectivity index (χ3n) is 5.16. The number of para-hydroxylation sites is 1. The lowest BCUT2D eigenvalue weighted by Crippen LogP contribution is -2.26. The zero-order chi connectivity index (χ0) is 21.8. The number of halogens is 2. The number of carbonyl (C=O) groups is 1. The number of nitrogens with zero attached hydrogens (tertiary/aromatic N) is 2. The molecule has 1 aliphatic heterocycles. The Bertz CT molecular complexity index is 1190. The number of fused-ring (bicyclic) bond motifs is 1. The highest BCUT2D eigenvalue weighted by molar-refractivity contribution is 6.42. The Balaban J connectivity index is 1.65. The molecular formula is C25H20Cl2N2O2. The minimum Gasteiger partial charge on any atom is -0.478 e. The van der Waals surface area contributed by atoms with E-state index in [9.17, 15) is 9.90 Å². The van der Waals surface area contributed by atoms with Crippen LogP contribution in [0.5, 0.6) is 0 Å². The average molecular weight is 451 g/mol. The van der Waals surface area contributed by atoms with Crippen LogP contribution in [0.4, 0.5) is 5.69 Å². The van der Waals surface area contributed by atoms with Crippen molar-refractivity contribution in [2.75, 3.05) is 18.0 Å². The molecule has 0 saturated heterocycles. The second kappa shape index (κ2) is 9.38. The van der Waals surface area contributed by atoms with Crippen LogP contribution in [0.15, 0.2) is 77.8 Å². The lowest BCUT2D eigenvalue weighted by Gasteiger charge is -2.25. The molecule has 3 aromatic carbocycles. The molecule has 31 heavy (non-hydrogen) atoms. The monoisotopic (exact) mass is 450 g/mol. The van der Waals surface area contributed by atoms with Crippen LogP contribution >= 0.6 is 23.2 Å². The van der Waals surface area contributed by atoms with Crippen LogP contribution in [0.2, 0.25) is 10.0 Å². The predicted octanol–water partition coefficient (Wildman–Crippen LogP) is 6.21. The summed E-state index contributed by atoms with van der Waals surface area (Å²) in [4.78, 5) is 18.6. The van der Waals surface area contributed by atoms with Gasteiger partial charge in [-0.05, 0) is 41.5 Å². The van der Waals surface area contributed by atoms with Crippen LogP contribution in [-0.4, -0.2) is 29.9 Å². The van der Waals surface area contributed by atoms with E-state index in [4.69, 9.17) is 28.2 Å². The lowest BCUT2D eigenvalue weighted by molar-refractivity contribution is 0.0695. The Labute approximate surface area is 191 Å². The first kappa shape index (κ1) is 21.2. The third-order valence-corrected chi connectivity index (χ3v) is 5.90. The maximum atomic E-state index is 11.6. The first-order chi connectivity index (χ1) is 15.0. The van der Waals surface area contributed by atoms with E-state index in [0.717, 1.165) is 28.1 Å². The summed E-state index contributed by atoms with van der Waals surface area (Å²) in [7, 11) is 0. The summed E-state index contributed by atoms with van der Waals surface area (Å²) in [6.45, 7) is 1.79. The van der Waals surface area contributed by atoms with Crippen LogP contribution in [0.25, 0.3) is 6.08 Å². The standard InChI is InChI=1S/C25H20Cl2N2O2/c26-21-11-9-17(15-22(21)27)10-12-23-20-7-3-4-8-24(20)29(14-13-28-23)16-18-5-1-2-6-19(18)25(30)31/h1-12,15H,13-14,16H2,(H,30,31)/b12-10+. The maximum absolute atomic E-state index is 11.6. The van der Waals surface area contributed by atoms with E-state index in [2.05, 4.69) is 4.90 Å². The van der Waals surface area contributed by atoms with E-state index < -0.39 is 5.97 Å². The summed E-state index contributed by atoms with van der Waals surface area (Å²) < 4.78 is 0. The third kappa shape index (κ3) is 4.82. The van der Waals surface area contributed by atoms with E-state index in [1.54, 1.807) is 18.2 Å². The van der Waals surface area contributed by atoms with Gasteiger partial charge in [0, 0.05) is 24.3 Å². The van der Waals surface area contributed by atoms with Crippen molar-refractivity contribution in [1.29, 1.82) is 0 Å². The van der Waals surface area contributed by atoms with Gasteiger partial charge in [0.2, 0.25) is 0 Å². The second-order valence-electron chi connectivity index (χ2n) is 7.17. The van der Waals surface area contributed by atoms with Crippen molar-refractivity contribution in [3.05, 3.63) is 105 Å². The Morgan fingerprint density at radius 1 is 1.00 bits per heavy atom. The van der Waals surface area contributed by atoms with Gasteiger partial charge < -0.3 is 10.0 Å². The van der Waals surface area contributed by atoms with Crippen molar-refractivity contribution >= 4 is 46.6 Å². The van der Waals surface area contributed by atoms with Gasteiger partial charge in [-0.1, -0.05) is 71.7 Å². The molecule has 0 bridgehead atoms. The number of allylic oxidation sites excluding steroid dienone is 1. The molecule has 0 atom stereocenters. The predicted molar refractivity (Wildman–Crippen MR) is 128 cm³/mol. The number of aromatic carboxylic acids is 1. The molecule has 4 rings (SSSR count). The summed E-state index contributed by atoms with van der Waals surface area (Å²) in [5.41, 5.74) is 4.94. The molecule has 0 saturated carbocycles. The molecule has 1 heterocycles. The van der Waals surface area contributed by atoms with Crippen LogP contribution in [-0.2, 0) is 6.54 Å². The zero-order valence-electron chi connectivity index (χ0n) is 16.6. The normalized spacial score (nSPS) is 13.6. The molecule has 0 radical (unpaired) electrons. The average Bonchev–Trinajstić information content (AvgIpc) is 2.94. The minimum atomic E-state index is -0.916. The van der Waals surface area contributed by atoms with Gasteiger partial charge in [0.25, 0.3) is 0 Å². The van der Waals surface area contributed by atoms with Crippen molar-refractivity contribution in [1.82, 2.24) is 0 Å². The highest BCUT2D eigenvalue weighted by Gasteiger charge is 2.19. The molecule has 3 aromatic rings. The Kier molecular flexibility index (Phi) is 6.40. The number of aliphatic imine (C=N–C) groups is 1. The van der Waals surface area contributed by atoms with Crippen LogP contribution < -0.4 is 4.90 Å². The molecule has 1 N–H and O–H groups in total. The Hall–Kier alpha value is -3.08. The summed E-state index contributed by atoms with van der Waals surface area (Å²) in [5, 5.41) is 10.6. The number of benzene rings is 3. The fourth-order valence-corrected chi connectivity index (χ4v) is 3.94. The van der Waals surface area contributed by atoms with Crippen molar-refractivity contribution in [3.63, 3.8) is 0 Å².